The molecule has 1 fully saturated rings. The van der Waals surface area contributed by atoms with E-state index in [1.54, 1.807) is 6.07 Å². The van der Waals surface area contributed by atoms with Crippen molar-refractivity contribution >= 4 is 17.6 Å². The minimum atomic E-state index is -2.99. The van der Waals surface area contributed by atoms with Crippen molar-refractivity contribution in [1.82, 2.24) is 10.2 Å². The van der Waals surface area contributed by atoms with Crippen molar-refractivity contribution in [2.24, 2.45) is 0 Å². The molecule has 0 unspecified atom stereocenters. The van der Waals surface area contributed by atoms with Gasteiger partial charge in [-0.1, -0.05) is 0 Å². The average Bonchev–Trinajstić information content (AvgIpc) is 2.90. The van der Waals surface area contributed by atoms with E-state index >= 15 is 0 Å². The van der Waals surface area contributed by atoms with Gasteiger partial charge in [-0.25, -0.2) is 4.79 Å². The second kappa shape index (κ2) is 6.92. The zero-order valence-electron chi connectivity index (χ0n) is 11.8. The molecular weight excluding hydrogens is 300 g/mol. The van der Waals surface area contributed by atoms with E-state index in [1.165, 1.54) is 19.2 Å². The molecule has 0 aliphatic carbocycles. The van der Waals surface area contributed by atoms with E-state index < -0.39 is 18.5 Å². The van der Waals surface area contributed by atoms with Gasteiger partial charge in [-0.3, -0.25) is 9.69 Å². The summed E-state index contributed by atoms with van der Waals surface area (Å²) in [5.74, 6) is -0.410. The number of hydrogen-bond acceptors (Lipinski definition) is 5. The van der Waals surface area contributed by atoms with E-state index in [0.29, 0.717) is 18.8 Å². The Labute approximate surface area is 125 Å². The molecule has 120 valence electrons. The maximum absolute atomic E-state index is 12.3. The summed E-state index contributed by atoms with van der Waals surface area (Å²) in [5.41, 5.74) is 0.393. The number of carbonyl (C=O) groups is 2. The molecule has 1 aliphatic heterocycles. The van der Waals surface area contributed by atoms with Crippen LogP contribution >= 0.6 is 0 Å². The minimum absolute atomic E-state index is 0.145. The van der Waals surface area contributed by atoms with E-state index in [9.17, 15) is 18.4 Å². The van der Waals surface area contributed by atoms with Crippen LogP contribution in [0.5, 0.6) is 11.5 Å². The van der Waals surface area contributed by atoms with Crippen LogP contribution in [0, 0.1) is 0 Å². The monoisotopic (exact) mass is 315 g/mol. The van der Waals surface area contributed by atoms with Gasteiger partial charge in [0.2, 0.25) is 5.91 Å². The highest BCUT2D eigenvalue weighted by molar-refractivity contribution is 5.97. The number of anilines is 1. The standard InChI is InChI=1S/C13H15F2N3O4/c1-21-9-3-2-8(6-10(9)22-12(14)15)17-7-11(19)18-5-4-16-13(18)20/h2-3,6,12,17H,4-5,7H2,1H3,(H,16,20). The third kappa shape index (κ3) is 3.74. The number of hydrogen-bond donors (Lipinski definition) is 2. The molecule has 0 radical (unpaired) electrons. The average molecular weight is 315 g/mol. The van der Waals surface area contributed by atoms with E-state index in [4.69, 9.17) is 4.74 Å². The first-order valence-corrected chi connectivity index (χ1v) is 6.46. The molecule has 1 saturated heterocycles. The summed E-state index contributed by atoms with van der Waals surface area (Å²) in [6.07, 6.45) is 0. The summed E-state index contributed by atoms with van der Waals surface area (Å²) < 4.78 is 33.9. The number of nitrogens with zero attached hydrogens (tertiary/aromatic N) is 1. The highest BCUT2D eigenvalue weighted by Crippen LogP contribution is 2.31. The topological polar surface area (TPSA) is 79.9 Å². The molecule has 0 saturated carbocycles. The van der Waals surface area contributed by atoms with Gasteiger partial charge in [0, 0.05) is 24.8 Å². The van der Waals surface area contributed by atoms with Crippen LogP contribution in [0.2, 0.25) is 0 Å². The van der Waals surface area contributed by atoms with Crippen molar-refractivity contribution in [2.45, 2.75) is 6.61 Å². The number of imide groups is 1. The Morgan fingerprint density at radius 1 is 1.45 bits per heavy atom. The van der Waals surface area contributed by atoms with Crippen LogP contribution in [-0.2, 0) is 4.79 Å². The number of methoxy groups -OCH3 is 1. The van der Waals surface area contributed by atoms with Gasteiger partial charge in [0.1, 0.15) is 0 Å². The van der Waals surface area contributed by atoms with Gasteiger partial charge >= 0.3 is 12.6 Å². The molecule has 2 rings (SSSR count). The number of rotatable bonds is 6. The van der Waals surface area contributed by atoms with Gasteiger partial charge in [-0.05, 0) is 12.1 Å². The quantitative estimate of drug-likeness (QED) is 0.826. The lowest BCUT2D eigenvalue weighted by molar-refractivity contribution is -0.125. The fourth-order valence-corrected chi connectivity index (χ4v) is 1.96. The summed E-state index contributed by atoms with van der Waals surface area (Å²) in [7, 11) is 1.33. The van der Waals surface area contributed by atoms with Gasteiger partial charge in [0.15, 0.2) is 11.5 Å². The molecular formula is C13H15F2N3O4. The summed E-state index contributed by atoms with van der Waals surface area (Å²) in [4.78, 5) is 24.3. The van der Waals surface area contributed by atoms with Crippen LogP contribution in [0.25, 0.3) is 0 Å². The zero-order chi connectivity index (χ0) is 16.1. The summed E-state index contributed by atoms with van der Waals surface area (Å²) >= 11 is 0. The Morgan fingerprint density at radius 3 is 2.82 bits per heavy atom. The Bertz CT molecular complexity index is 568. The zero-order valence-corrected chi connectivity index (χ0v) is 11.8. The molecule has 1 aliphatic rings. The fourth-order valence-electron chi connectivity index (χ4n) is 1.96. The summed E-state index contributed by atoms with van der Waals surface area (Å²) in [6.45, 7) is -2.41. The van der Waals surface area contributed by atoms with E-state index in [0.717, 1.165) is 4.90 Å². The number of benzene rings is 1. The molecule has 1 aromatic rings. The molecule has 2 N–H and O–H groups in total. The number of alkyl halides is 2. The molecule has 0 atom stereocenters. The molecule has 1 aromatic carbocycles. The second-order valence-corrected chi connectivity index (χ2v) is 4.38. The SMILES string of the molecule is COc1ccc(NCC(=O)N2CCNC2=O)cc1OC(F)F. The first-order valence-electron chi connectivity index (χ1n) is 6.46. The molecule has 0 bridgehead atoms. The minimum Gasteiger partial charge on any atom is -0.493 e. The lowest BCUT2D eigenvalue weighted by Gasteiger charge is -2.15. The van der Waals surface area contributed by atoms with E-state index in [2.05, 4.69) is 15.4 Å². The van der Waals surface area contributed by atoms with Gasteiger partial charge < -0.3 is 20.1 Å². The van der Waals surface area contributed by atoms with Crippen LogP contribution < -0.4 is 20.1 Å². The first kappa shape index (κ1) is 15.8. The Kier molecular flexibility index (Phi) is 4.97. The predicted molar refractivity (Wildman–Crippen MR) is 73.2 cm³/mol. The van der Waals surface area contributed by atoms with Crippen LogP contribution in [0.4, 0.5) is 19.3 Å². The lowest BCUT2D eigenvalue weighted by Crippen LogP contribution is -2.37. The number of urea groups is 1. The third-order valence-corrected chi connectivity index (χ3v) is 2.98. The first-order chi connectivity index (χ1) is 10.5. The number of carbonyl (C=O) groups excluding carboxylic acids is 2. The van der Waals surface area contributed by atoms with E-state index in [-0.39, 0.29) is 18.0 Å². The highest BCUT2D eigenvalue weighted by atomic mass is 19.3. The van der Waals surface area contributed by atoms with Crippen LogP contribution in [0.3, 0.4) is 0 Å². The van der Waals surface area contributed by atoms with Gasteiger partial charge in [-0.2, -0.15) is 8.78 Å². The van der Waals surface area contributed by atoms with Crippen LogP contribution in [0.15, 0.2) is 18.2 Å². The van der Waals surface area contributed by atoms with Crippen molar-refractivity contribution < 1.29 is 27.8 Å². The number of nitrogens with one attached hydrogen (secondary N) is 2. The molecule has 7 nitrogen and oxygen atoms in total. The van der Waals surface area contributed by atoms with Crippen molar-refractivity contribution in [2.75, 3.05) is 32.1 Å². The second-order valence-electron chi connectivity index (χ2n) is 4.38. The number of halogens is 2. The Balaban J connectivity index is 2.00. The molecule has 22 heavy (non-hydrogen) atoms. The van der Waals surface area contributed by atoms with Crippen molar-refractivity contribution in [3.05, 3.63) is 18.2 Å². The molecule has 0 spiro atoms. The maximum atomic E-state index is 12.3. The van der Waals surface area contributed by atoms with E-state index in [1.807, 2.05) is 0 Å². The summed E-state index contributed by atoms with van der Waals surface area (Å²) in [5, 5.41) is 5.27. The maximum Gasteiger partial charge on any atom is 0.387 e. The normalized spacial score (nSPS) is 14.0. The third-order valence-electron chi connectivity index (χ3n) is 2.98. The lowest BCUT2D eigenvalue weighted by atomic mass is 10.2. The molecule has 9 heteroatoms. The summed E-state index contributed by atoms with van der Waals surface area (Å²) in [6, 6.07) is 3.84. The number of amides is 3. The van der Waals surface area contributed by atoms with Gasteiger partial charge in [-0.15, -0.1) is 0 Å². The molecule has 3 amide bonds. The van der Waals surface area contributed by atoms with Gasteiger partial charge in [0.25, 0.3) is 0 Å². The van der Waals surface area contributed by atoms with Crippen LogP contribution in [-0.4, -0.2) is 50.2 Å². The largest absolute Gasteiger partial charge is 0.493 e. The highest BCUT2D eigenvalue weighted by Gasteiger charge is 2.25. The number of ether oxygens (including phenoxy) is 2. The van der Waals surface area contributed by atoms with Crippen LogP contribution in [0.1, 0.15) is 0 Å². The Hall–Kier alpha value is -2.58. The Morgan fingerprint density at radius 2 is 2.23 bits per heavy atom. The van der Waals surface area contributed by atoms with Gasteiger partial charge in [0.05, 0.1) is 13.7 Å². The smallest absolute Gasteiger partial charge is 0.387 e. The van der Waals surface area contributed by atoms with Crippen molar-refractivity contribution in [1.29, 1.82) is 0 Å². The predicted octanol–water partition coefficient (Wildman–Crippen LogP) is 1.26. The molecule has 0 aromatic heterocycles. The fraction of sp³-hybridized carbons (Fsp3) is 0.385. The van der Waals surface area contributed by atoms with Crippen molar-refractivity contribution in [3.8, 4) is 11.5 Å². The molecule has 1 heterocycles. The van der Waals surface area contributed by atoms with Crippen molar-refractivity contribution in [3.63, 3.8) is 0 Å².